The van der Waals surface area contributed by atoms with Crippen molar-refractivity contribution in [2.24, 2.45) is 4.99 Å². The minimum absolute atomic E-state index is 0.262. The molecule has 0 spiro atoms. The van der Waals surface area contributed by atoms with Crippen LogP contribution < -0.4 is 14.8 Å². The van der Waals surface area contributed by atoms with E-state index in [0.29, 0.717) is 29.9 Å². The zero-order valence-corrected chi connectivity index (χ0v) is 16.5. The van der Waals surface area contributed by atoms with Crippen molar-refractivity contribution in [2.45, 2.75) is 39.0 Å². The third-order valence-electron chi connectivity index (χ3n) is 4.15. The molecular weight excluding hydrogens is 354 g/mol. The summed E-state index contributed by atoms with van der Waals surface area (Å²) in [7, 11) is 0. The Kier molecular flexibility index (Phi) is 9.55. The molecule has 2 aromatic rings. The Labute approximate surface area is 166 Å². The fraction of sp³-hybridized carbons (Fsp3) is 0.409. The smallest absolute Gasteiger partial charge is 0.257 e. The fourth-order valence-electron chi connectivity index (χ4n) is 2.64. The Balaban J connectivity index is 1.66. The molecule has 6 nitrogen and oxygen atoms in total. The van der Waals surface area contributed by atoms with Gasteiger partial charge >= 0.3 is 0 Å². The summed E-state index contributed by atoms with van der Waals surface area (Å²) in [4.78, 5) is 16.4. The van der Waals surface area contributed by atoms with Gasteiger partial charge in [-0.3, -0.25) is 9.79 Å². The van der Waals surface area contributed by atoms with E-state index in [9.17, 15) is 10.0 Å². The number of carbonyl (C=O) groups is 1. The van der Waals surface area contributed by atoms with Crippen molar-refractivity contribution in [3.05, 3.63) is 65.1 Å². The van der Waals surface area contributed by atoms with E-state index >= 15 is 0 Å². The van der Waals surface area contributed by atoms with Gasteiger partial charge in [-0.15, -0.1) is 0 Å². The predicted octanol–water partition coefficient (Wildman–Crippen LogP) is 3.52. The SMILES string of the molecule is CCCCCCN=Cc1cccc(OCCCNC(=O)c2ccc[n+]([O-])c2)c1. The zero-order valence-electron chi connectivity index (χ0n) is 16.5. The molecule has 1 aromatic heterocycles. The van der Waals surface area contributed by atoms with Gasteiger partial charge in [0.1, 0.15) is 11.3 Å². The lowest BCUT2D eigenvalue weighted by molar-refractivity contribution is -0.605. The van der Waals surface area contributed by atoms with Gasteiger partial charge in [0, 0.05) is 25.4 Å². The number of aliphatic imine (C=N–C) groups is 1. The number of aromatic nitrogens is 1. The minimum Gasteiger partial charge on any atom is -0.619 e. The van der Waals surface area contributed by atoms with E-state index in [0.717, 1.165) is 24.3 Å². The normalized spacial score (nSPS) is 10.9. The number of unbranched alkanes of at least 4 members (excludes halogenated alkanes) is 3. The van der Waals surface area contributed by atoms with E-state index in [4.69, 9.17) is 4.74 Å². The number of hydrogen-bond acceptors (Lipinski definition) is 4. The third kappa shape index (κ3) is 8.20. The van der Waals surface area contributed by atoms with E-state index in [1.165, 1.54) is 31.7 Å². The van der Waals surface area contributed by atoms with Gasteiger partial charge in [-0.1, -0.05) is 38.3 Å². The molecule has 0 aliphatic heterocycles. The molecule has 0 bridgehead atoms. The molecule has 0 atom stereocenters. The van der Waals surface area contributed by atoms with Gasteiger partial charge in [-0.2, -0.15) is 4.73 Å². The van der Waals surface area contributed by atoms with Gasteiger partial charge in [-0.25, -0.2) is 0 Å². The second-order valence-corrected chi connectivity index (χ2v) is 6.58. The summed E-state index contributed by atoms with van der Waals surface area (Å²) in [6.45, 7) is 4.03. The summed E-state index contributed by atoms with van der Waals surface area (Å²) >= 11 is 0. The Hall–Kier alpha value is -2.89. The van der Waals surface area contributed by atoms with Gasteiger partial charge in [0.05, 0.1) is 6.61 Å². The molecule has 2 rings (SSSR count). The molecule has 1 heterocycles. The van der Waals surface area contributed by atoms with E-state index in [1.807, 2.05) is 30.5 Å². The monoisotopic (exact) mass is 383 g/mol. The number of rotatable bonds is 12. The van der Waals surface area contributed by atoms with Crippen molar-refractivity contribution in [1.29, 1.82) is 0 Å². The van der Waals surface area contributed by atoms with Crippen LogP contribution in [0.5, 0.6) is 5.75 Å². The molecule has 28 heavy (non-hydrogen) atoms. The van der Waals surface area contributed by atoms with Crippen LogP contribution >= 0.6 is 0 Å². The lowest BCUT2D eigenvalue weighted by Gasteiger charge is -2.08. The van der Waals surface area contributed by atoms with Gasteiger partial charge in [0.2, 0.25) is 0 Å². The summed E-state index contributed by atoms with van der Waals surface area (Å²) in [6.07, 6.45) is 10.0. The van der Waals surface area contributed by atoms with Crippen molar-refractivity contribution in [3.63, 3.8) is 0 Å². The first kappa shape index (κ1) is 21.4. The molecular formula is C22H29N3O3. The van der Waals surface area contributed by atoms with Crippen LogP contribution in [-0.2, 0) is 0 Å². The lowest BCUT2D eigenvalue weighted by Crippen LogP contribution is -2.30. The maximum atomic E-state index is 11.9. The van der Waals surface area contributed by atoms with Crippen LogP contribution in [0.1, 0.15) is 54.9 Å². The molecule has 0 aliphatic rings. The van der Waals surface area contributed by atoms with E-state index in [-0.39, 0.29) is 5.91 Å². The molecule has 1 N–H and O–H groups in total. The van der Waals surface area contributed by atoms with Crippen LogP contribution in [0.3, 0.4) is 0 Å². The summed E-state index contributed by atoms with van der Waals surface area (Å²) in [6, 6.07) is 11.0. The first-order valence-electron chi connectivity index (χ1n) is 9.89. The highest BCUT2D eigenvalue weighted by atomic mass is 16.5. The molecule has 6 heteroatoms. The molecule has 0 fully saturated rings. The standard InChI is InChI=1S/C22H29N3O3/c1-2-3-4-5-12-23-17-19-9-6-11-21(16-19)28-15-8-13-24-22(26)20-10-7-14-25(27)18-20/h6-7,9-11,14,16-18H,2-5,8,12-13,15H2,1H3,(H,24,26). The Morgan fingerprint density at radius 1 is 1.21 bits per heavy atom. The van der Waals surface area contributed by atoms with Gasteiger partial charge in [0.25, 0.3) is 5.91 Å². The van der Waals surface area contributed by atoms with E-state index < -0.39 is 0 Å². The molecule has 150 valence electrons. The highest BCUT2D eigenvalue weighted by molar-refractivity contribution is 5.93. The van der Waals surface area contributed by atoms with Gasteiger partial charge < -0.3 is 15.3 Å². The summed E-state index contributed by atoms with van der Waals surface area (Å²) in [5, 5.41) is 14.0. The first-order valence-corrected chi connectivity index (χ1v) is 9.89. The van der Waals surface area contributed by atoms with E-state index in [2.05, 4.69) is 17.2 Å². The van der Waals surface area contributed by atoms with Crippen molar-refractivity contribution in [3.8, 4) is 5.75 Å². The number of nitrogens with zero attached hydrogens (tertiary/aromatic N) is 2. The summed E-state index contributed by atoms with van der Waals surface area (Å²) < 4.78 is 6.36. The van der Waals surface area contributed by atoms with Crippen molar-refractivity contribution < 1.29 is 14.3 Å². The number of benzene rings is 1. The largest absolute Gasteiger partial charge is 0.619 e. The van der Waals surface area contributed by atoms with Crippen molar-refractivity contribution in [1.82, 2.24) is 5.32 Å². The number of pyridine rings is 1. The first-order chi connectivity index (χ1) is 13.7. The minimum atomic E-state index is -0.262. The molecule has 0 aliphatic carbocycles. The topological polar surface area (TPSA) is 77.6 Å². The van der Waals surface area contributed by atoms with Crippen LogP contribution in [0.2, 0.25) is 0 Å². The average Bonchev–Trinajstić information content (AvgIpc) is 2.70. The highest BCUT2D eigenvalue weighted by Gasteiger charge is 2.07. The summed E-state index contributed by atoms with van der Waals surface area (Å²) in [5.41, 5.74) is 1.37. The Bertz CT molecular complexity index is 762. The van der Waals surface area contributed by atoms with Crippen molar-refractivity contribution >= 4 is 12.1 Å². The van der Waals surface area contributed by atoms with Crippen molar-refractivity contribution in [2.75, 3.05) is 19.7 Å². The molecule has 0 saturated heterocycles. The second-order valence-electron chi connectivity index (χ2n) is 6.58. The molecule has 0 radical (unpaired) electrons. The number of ether oxygens (including phenoxy) is 1. The van der Waals surface area contributed by atoms with Crippen LogP contribution in [0.25, 0.3) is 0 Å². The molecule has 0 saturated carbocycles. The van der Waals surface area contributed by atoms with Gasteiger partial charge in [0.15, 0.2) is 12.4 Å². The maximum absolute atomic E-state index is 11.9. The van der Waals surface area contributed by atoms with Crippen LogP contribution in [0, 0.1) is 5.21 Å². The second kappa shape index (κ2) is 12.5. The van der Waals surface area contributed by atoms with Crippen LogP contribution in [0.15, 0.2) is 53.8 Å². The highest BCUT2D eigenvalue weighted by Crippen LogP contribution is 2.12. The van der Waals surface area contributed by atoms with Gasteiger partial charge in [-0.05, 0) is 36.6 Å². The summed E-state index contributed by atoms with van der Waals surface area (Å²) in [5.74, 6) is 0.527. The Morgan fingerprint density at radius 3 is 2.93 bits per heavy atom. The third-order valence-corrected chi connectivity index (χ3v) is 4.15. The lowest BCUT2D eigenvalue weighted by atomic mass is 10.2. The molecule has 1 amide bonds. The number of nitrogens with one attached hydrogen (secondary N) is 1. The fourth-order valence-corrected chi connectivity index (χ4v) is 2.64. The van der Waals surface area contributed by atoms with Crippen LogP contribution in [-0.4, -0.2) is 31.8 Å². The number of carbonyl (C=O) groups excluding carboxylic acids is 1. The quantitative estimate of drug-likeness (QED) is 0.264. The zero-order chi connectivity index (χ0) is 20.0. The maximum Gasteiger partial charge on any atom is 0.257 e. The Morgan fingerprint density at radius 2 is 2.11 bits per heavy atom. The van der Waals surface area contributed by atoms with E-state index in [1.54, 1.807) is 12.1 Å². The average molecular weight is 383 g/mol. The predicted molar refractivity (Wildman–Crippen MR) is 111 cm³/mol. The molecule has 1 aromatic carbocycles. The number of amides is 1. The number of hydrogen-bond donors (Lipinski definition) is 1. The van der Waals surface area contributed by atoms with Crippen LogP contribution in [0.4, 0.5) is 0 Å². The molecule has 0 unspecified atom stereocenters.